The highest BCUT2D eigenvalue weighted by Gasteiger charge is 2.32. The van der Waals surface area contributed by atoms with E-state index in [-0.39, 0.29) is 5.91 Å². The first-order valence-electron chi connectivity index (χ1n) is 9.52. The van der Waals surface area contributed by atoms with Crippen LogP contribution in [0.3, 0.4) is 0 Å². The number of aromatic nitrogens is 3. The molecule has 1 amide bonds. The molecule has 0 saturated carbocycles. The molecule has 1 atom stereocenters. The zero-order valence-electron chi connectivity index (χ0n) is 16.0. The highest BCUT2D eigenvalue weighted by Crippen LogP contribution is 2.30. The van der Waals surface area contributed by atoms with E-state index in [1.165, 1.54) is 0 Å². The van der Waals surface area contributed by atoms with Crippen LogP contribution in [-0.2, 0) is 6.54 Å². The largest absolute Gasteiger partial charge is 0.497 e. The maximum Gasteiger partial charge on any atom is 0.262 e. The maximum atomic E-state index is 13.4. The quantitative estimate of drug-likeness (QED) is 0.682. The summed E-state index contributed by atoms with van der Waals surface area (Å²) in [4.78, 5) is 20.9. The van der Waals surface area contributed by atoms with Crippen LogP contribution in [0.4, 0.5) is 15.9 Å². The molecule has 4 heterocycles. The first-order valence-corrected chi connectivity index (χ1v) is 9.52. The van der Waals surface area contributed by atoms with Crippen LogP contribution in [0.2, 0.25) is 0 Å². The average Bonchev–Trinajstić information content (AvgIpc) is 3.44. The molecular weight excluding hydrogens is 373 g/mol. The second-order valence-corrected chi connectivity index (χ2v) is 7.23. The van der Waals surface area contributed by atoms with Crippen molar-refractivity contribution in [2.45, 2.75) is 19.1 Å². The third-order valence-corrected chi connectivity index (χ3v) is 5.39. The SMILES string of the molecule is COc1cccc(N2Cc3nn(-c4ccc(N5CC[C@H](F)C5)nc4)cc3C2=O)c1. The molecule has 148 valence electrons. The van der Waals surface area contributed by atoms with Crippen molar-refractivity contribution >= 4 is 17.4 Å². The molecule has 7 nitrogen and oxygen atoms in total. The van der Waals surface area contributed by atoms with Gasteiger partial charge in [0.2, 0.25) is 0 Å². The van der Waals surface area contributed by atoms with Gasteiger partial charge in [-0.3, -0.25) is 4.79 Å². The fourth-order valence-corrected chi connectivity index (χ4v) is 3.82. The van der Waals surface area contributed by atoms with E-state index in [2.05, 4.69) is 10.1 Å². The Morgan fingerprint density at radius 1 is 1.21 bits per heavy atom. The fraction of sp³-hybridized carbons (Fsp3) is 0.286. The Labute approximate surface area is 167 Å². The summed E-state index contributed by atoms with van der Waals surface area (Å²) in [5.41, 5.74) is 2.85. The topological polar surface area (TPSA) is 63.5 Å². The number of fused-ring (bicyclic) bond motifs is 1. The van der Waals surface area contributed by atoms with Gasteiger partial charge in [-0.15, -0.1) is 0 Å². The Kier molecular flexibility index (Phi) is 4.19. The van der Waals surface area contributed by atoms with Gasteiger partial charge in [0.1, 0.15) is 17.7 Å². The fourth-order valence-electron chi connectivity index (χ4n) is 3.82. The van der Waals surface area contributed by atoms with Crippen LogP contribution in [0, 0.1) is 0 Å². The van der Waals surface area contributed by atoms with Gasteiger partial charge in [0.15, 0.2) is 0 Å². The number of alkyl halides is 1. The molecule has 5 rings (SSSR count). The molecular formula is C21H20FN5O2. The second-order valence-electron chi connectivity index (χ2n) is 7.23. The molecule has 0 unspecified atom stereocenters. The summed E-state index contributed by atoms with van der Waals surface area (Å²) in [6.45, 7) is 1.47. The van der Waals surface area contributed by atoms with Crippen molar-refractivity contribution in [1.29, 1.82) is 0 Å². The molecule has 1 fully saturated rings. The van der Waals surface area contributed by atoms with E-state index < -0.39 is 6.17 Å². The predicted octanol–water partition coefficient (Wildman–Crippen LogP) is 2.98. The molecule has 0 radical (unpaired) electrons. The molecule has 29 heavy (non-hydrogen) atoms. The summed E-state index contributed by atoms with van der Waals surface area (Å²) < 4.78 is 20.3. The van der Waals surface area contributed by atoms with E-state index in [4.69, 9.17) is 4.74 Å². The van der Waals surface area contributed by atoms with Crippen LogP contribution in [-0.4, -0.2) is 47.0 Å². The van der Waals surface area contributed by atoms with Gasteiger partial charge in [-0.25, -0.2) is 14.1 Å². The number of hydrogen-bond acceptors (Lipinski definition) is 5. The zero-order valence-corrected chi connectivity index (χ0v) is 16.0. The molecule has 0 N–H and O–H groups in total. The van der Waals surface area contributed by atoms with Crippen molar-refractivity contribution in [2.75, 3.05) is 30.0 Å². The van der Waals surface area contributed by atoms with E-state index >= 15 is 0 Å². The van der Waals surface area contributed by atoms with E-state index in [1.807, 2.05) is 41.3 Å². The smallest absolute Gasteiger partial charge is 0.262 e. The molecule has 1 aromatic carbocycles. The lowest BCUT2D eigenvalue weighted by Crippen LogP contribution is -2.23. The number of rotatable bonds is 4. The van der Waals surface area contributed by atoms with Crippen molar-refractivity contribution in [3.63, 3.8) is 0 Å². The summed E-state index contributed by atoms with van der Waals surface area (Å²) in [6.07, 6.45) is 3.19. The Bertz CT molecular complexity index is 1070. The number of anilines is 2. The van der Waals surface area contributed by atoms with Gasteiger partial charge < -0.3 is 14.5 Å². The number of ether oxygens (including phenoxy) is 1. The number of nitrogens with zero attached hydrogens (tertiary/aromatic N) is 5. The van der Waals surface area contributed by atoms with Crippen molar-refractivity contribution in [2.24, 2.45) is 0 Å². The van der Waals surface area contributed by atoms with Crippen molar-refractivity contribution in [1.82, 2.24) is 14.8 Å². The number of benzene rings is 1. The van der Waals surface area contributed by atoms with Crippen LogP contribution in [0.1, 0.15) is 22.5 Å². The highest BCUT2D eigenvalue weighted by atomic mass is 19.1. The Balaban J connectivity index is 1.36. The van der Waals surface area contributed by atoms with Gasteiger partial charge in [-0.1, -0.05) is 6.07 Å². The van der Waals surface area contributed by atoms with Gasteiger partial charge >= 0.3 is 0 Å². The first-order chi connectivity index (χ1) is 14.1. The number of hydrogen-bond donors (Lipinski definition) is 0. The number of pyridine rings is 1. The molecule has 0 bridgehead atoms. The van der Waals surface area contributed by atoms with Crippen LogP contribution in [0.5, 0.6) is 5.75 Å². The van der Waals surface area contributed by atoms with E-state index in [1.54, 1.807) is 29.1 Å². The highest BCUT2D eigenvalue weighted by molar-refractivity contribution is 6.09. The van der Waals surface area contributed by atoms with E-state index in [0.717, 1.165) is 22.9 Å². The van der Waals surface area contributed by atoms with Gasteiger partial charge in [-0.05, 0) is 30.7 Å². The average molecular weight is 393 g/mol. The summed E-state index contributed by atoms with van der Waals surface area (Å²) in [5.74, 6) is 1.37. The molecule has 2 aromatic heterocycles. The summed E-state index contributed by atoms with van der Waals surface area (Å²) >= 11 is 0. The minimum absolute atomic E-state index is 0.0878. The van der Waals surface area contributed by atoms with Gasteiger partial charge in [0, 0.05) is 24.5 Å². The molecule has 0 aliphatic carbocycles. The van der Waals surface area contributed by atoms with Crippen molar-refractivity contribution in [3.05, 3.63) is 60.0 Å². The molecule has 2 aliphatic rings. The molecule has 8 heteroatoms. The van der Waals surface area contributed by atoms with Crippen LogP contribution < -0.4 is 14.5 Å². The van der Waals surface area contributed by atoms with E-state index in [9.17, 15) is 9.18 Å². The number of halogens is 1. The summed E-state index contributed by atoms with van der Waals surface area (Å²) in [5, 5.41) is 4.58. The van der Waals surface area contributed by atoms with Crippen LogP contribution in [0.15, 0.2) is 48.8 Å². The lowest BCUT2D eigenvalue weighted by atomic mass is 10.2. The number of amides is 1. The van der Waals surface area contributed by atoms with Crippen LogP contribution in [0.25, 0.3) is 5.69 Å². The van der Waals surface area contributed by atoms with Crippen molar-refractivity contribution < 1.29 is 13.9 Å². The molecule has 3 aromatic rings. The Morgan fingerprint density at radius 2 is 2.10 bits per heavy atom. The molecule has 2 aliphatic heterocycles. The predicted molar refractivity (Wildman–Crippen MR) is 107 cm³/mol. The van der Waals surface area contributed by atoms with Crippen molar-refractivity contribution in [3.8, 4) is 11.4 Å². The van der Waals surface area contributed by atoms with Crippen LogP contribution >= 0.6 is 0 Å². The lowest BCUT2D eigenvalue weighted by Gasteiger charge is -2.17. The molecule has 1 saturated heterocycles. The zero-order chi connectivity index (χ0) is 20.0. The monoisotopic (exact) mass is 393 g/mol. The number of carbonyl (C=O) groups is 1. The Hall–Kier alpha value is -3.42. The standard InChI is InChI=1S/C21H20FN5O2/c1-29-17-4-2-3-15(9-17)26-13-19-18(21(26)28)12-27(24-19)16-5-6-20(23-10-16)25-8-7-14(22)11-25/h2-6,9-10,12,14H,7-8,11,13H2,1H3/t14-/m0/s1. The van der Waals surface area contributed by atoms with E-state index in [0.29, 0.717) is 37.4 Å². The maximum absolute atomic E-state index is 13.4. The minimum Gasteiger partial charge on any atom is -0.497 e. The normalized spacial score (nSPS) is 18.4. The van der Waals surface area contributed by atoms with Gasteiger partial charge in [0.25, 0.3) is 5.91 Å². The minimum atomic E-state index is -0.788. The van der Waals surface area contributed by atoms with Gasteiger partial charge in [0.05, 0.1) is 43.3 Å². The first kappa shape index (κ1) is 17.7. The number of methoxy groups -OCH3 is 1. The molecule has 0 spiro atoms. The summed E-state index contributed by atoms with van der Waals surface area (Å²) in [6, 6.07) is 11.2. The third kappa shape index (κ3) is 3.10. The lowest BCUT2D eigenvalue weighted by molar-refractivity contribution is 0.0996. The number of carbonyl (C=O) groups excluding carboxylic acids is 1. The Morgan fingerprint density at radius 3 is 2.79 bits per heavy atom. The third-order valence-electron chi connectivity index (χ3n) is 5.39. The summed E-state index contributed by atoms with van der Waals surface area (Å²) in [7, 11) is 1.60. The van der Waals surface area contributed by atoms with Gasteiger partial charge in [-0.2, -0.15) is 5.10 Å². The second kappa shape index (κ2) is 6.88.